The largest absolute Gasteiger partial charge is 0.232 e. The van der Waals surface area contributed by atoms with Crippen molar-refractivity contribution in [2.24, 2.45) is 0 Å². The van der Waals surface area contributed by atoms with Crippen molar-refractivity contribution in [3.8, 4) is 0 Å². The summed E-state index contributed by atoms with van der Waals surface area (Å²) in [7, 11) is -5.44. The van der Waals surface area contributed by atoms with E-state index < -0.39 is 17.7 Å². The smallest absolute Gasteiger partial charge is 0.203 e. The van der Waals surface area contributed by atoms with Gasteiger partial charge >= 0.3 is 0 Å². The molecule has 0 aromatic heterocycles. The summed E-state index contributed by atoms with van der Waals surface area (Å²) in [5.41, 5.74) is 0. The van der Waals surface area contributed by atoms with Gasteiger partial charge in [-0.05, 0) is 6.42 Å². The first kappa shape index (κ1) is 10.6. The molecule has 0 fully saturated rings. The number of halogens is 1. The Morgan fingerprint density at radius 1 is 1.30 bits per heavy atom. The lowest BCUT2D eigenvalue weighted by Gasteiger charge is -1.89. The van der Waals surface area contributed by atoms with Crippen molar-refractivity contribution in [3.05, 3.63) is 0 Å². The maximum Gasteiger partial charge on any atom is 0.203 e. The Morgan fingerprint density at radius 3 is 2.10 bits per heavy atom. The van der Waals surface area contributed by atoms with Crippen LogP contribution in [0.5, 0.6) is 0 Å². The van der Waals surface area contributed by atoms with E-state index in [0.717, 1.165) is 0 Å². The van der Waals surface area contributed by atoms with Crippen LogP contribution in [0.4, 0.5) is 0 Å². The highest BCUT2D eigenvalue weighted by Crippen LogP contribution is 2.02. The minimum absolute atomic E-state index is 0.0441. The van der Waals surface area contributed by atoms with E-state index >= 15 is 0 Å². The summed E-state index contributed by atoms with van der Waals surface area (Å²) < 4.78 is 40.7. The quantitative estimate of drug-likeness (QED) is 0.441. The normalized spacial score (nSPS) is 12.2. The molecule has 0 radical (unpaired) electrons. The molecular weight excluding hydrogens is 291 g/mol. The van der Waals surface area contributed by atoms with Crippen molar-refractivity contribution in [2.45, 2.75) is 6.42 Å². The summed E-state index contributed by atoms with van der Waals surface area (Å²) in [5, 5.41) is 0. The van der Waals surface area contributed by atoms with Gasteiger partial charge in [-0.15, -0.1) is 0 Å². The first-order valence-electron chi connectivity index (χ1n) is 2.46. The van der Waals surface area contributed by atoms with Crippen LogP contribution in [0, 0.1) is 0 Å². The van der Waals surface area contributed by atoms with Gasteiger partial charge in [-0.1, -0.05) is 0 Å². The van der Waals surface area contributed by atoms with E-state index in [-0.39, 0.29) is 17.9 Å². The molecule has 0 aliphatic rings. The Labute approximate surface area is 73.5 Å². The molecule has 0 rings (SSSR count). The molecule has 62 valence electrons. The van der Waals surface area contributed by atoms with Crippen LogP contribution in [0.25, 0.3) is 0 Å². The Kier molecular flexibility index (Phi) is 4.78. The monoisotopic (exact) mass is 298 g/mol. The lowest BCUT2D eigenvalue weighted by molar-refractivity contribution is 0.608. The predicted octanol–water partition coefficient (Wildman–Crippen LogP) is -0.247. The zero-order chi connectivity index (χ0) is 8.20. The molecule has 0 saturated carbocycles. The van der Waals surface area contributed by atoms with Gasteiger partial charge in [0, 0.05) is 5.75 Å². The highest BCUT2D eigenvalue weighted by molar-refractivity contribution is 14.2. The summed E-state index contributed by atoms with van der Waals surface area (Å²) in [5.74, 6) is -0.103. The standard InChI is InChI=1S/C3H7IO4S2/c4-10(7,8)3-1-2-9(5)6/h9H,1-3H2. The van der Waals surface area contributed by atoms with Crippen LogP contribution in [-0.4, -0.2) is 28.3 Å². The maximum absolute atomic E-state index is 10.4. The van der Waals surface area contributed by atoms with Crippen LogP contribution >= 0.6 is 21.2 Å². The molecule has 0 aromatic carbocycles. The minimum Gasteiger partial charge on any atom is -0.232 e. The molecule has 0 N–H and O–H groups in total. The van der Waals surface area contributed by atoms with E-state index in [1.54, 1.807) is 0 Å². The van der Waals surface area contributed by atoms with Crippen LogP contribution in [-0.2, 0) is 17.7 Å². The van der Waals surface area contributed by atoms with E-state index in [9.17, 15) is 16.8 Å². The van der Waals surface area contributed by atoms with E-state index in [1.807, 2.05) is 0 Å². The molecule has 0 atom stereocenters. The molecule has 0 saturated heterocycles. The Morgan fingerprint density at radius 2 is 1.80 bits per heavy atom. The minimum atomic E-state index is -3.02. The number of thiol groups is 1. The lowest BCUT2D eigenvalue weighted by Crippen LogP contribution is -1.99. The van der Waals surface area contributed by atoms with E-state index in [2.05, 4.69) is 0 Å². The van der Waals surface area contributed by atoms with Crippen LogP contribution < -0.4 is 0 Å². The highest BCUT2D eigenvalue weighted by Gasteiger charge is 2.02. The molecule has 0 spiro atoms. The van der Waals surface area contributed by atoms with Crippen LogP contribution in [0.3, 0.4) is 0 Å². The summed E-state index contributed by atoms with van der Waals surface area (Å²) >= 11 is 1.30. The number of rotatable bonds is 4. The van der Waals surface area contributed by atoms with Crippen molar-refractivity contribution in [1.29, 1.82) is 0 Å². The van der Waals surface area contributed by atoms with E-state index in [4.69, 9.17) is 0 Å². The molecule has 0 aromatic rings. The fourth-order valence-corrected chi connectivity index (χ4v) is 2.42. The van der Waals surface area contributed by atoms with Crippen molar-refractivity contribution in [3.63, 3.8) is 0 Å². The third kappa shape index (κ3) is 8.63. The molecule has 0 aliphatic carbocycles. The van der Waals surface area contributed by atoms with Gasteiger partial charge < -0.3 is 0 Å². The van der Waals surface area contributed by atoms with Gasteiger partial charge in [-0.3, -0.25) is 0 Å². The first-order chi connectivity index (χ1) is 4.42. The van der Waals surface area contributed by atoms with Crippen molar-refractivity contribution in [2.75, 3.05) is 11.5 Å². The topological polar surface area (TPSA) is 68.3 Å². The van der Waals surface area contributed by atoms with Gasteiger partial charge in [-0.2, -0.15) is 0 Å². The van der Waals surface area contributed by atoms with Crippen molar-refractivity contribution in [1.82, 2.24) is 0 Å². The molecule has 0 unspecified atom stereocenters. The van der Waals surface area contributed by atoms with E-state index in [1.165, 1.54) is 21.2 Å². The summed E-state index contributed by atoms with van der Waals surface area (Å²) in [4.78, 5) is 0. The molecule has 0 amide bonds. The van der Waals surface area contributed by atoms with Gasteiger partial charge in [-0.25, -0.2) is 16.8 Å². The average Bonchev–Trinajstić information content (AvgIpc) is 1.59. The Bertz CT molecular complexity index is 244. The molecule has 10 heavy (non-hydrogen) atoms. The Balaban J connectivity index is 3.59. The maximum atomic E-state index is 10.4. The Hall–Kier alpha value is 0.630. The first-order valence-corrected chi connectivity index (χ1v) is 8.02. The van der Waals surface area contributed by atoms with Crippen molar-refractivity contribution >= 4 is 38.9 Å². The third-order valence-corrected chi connectivity index (χ3v) is 3.51. The predicted molar refractivity (Wildman–Crippen MR) is 47.6 cm³/mol. The van der Waals surface area contributed by atoms with Gasteiger partial charge in [0.15, 0.2) is 0 Å². The van der Waals surface area contributed by atoms with Crippen LogP contribution in [0.15, 0.2) is 0 Å². The van der Waals surface area contributed by atoms with E-state index in [0.29, 0.717) is 0 Å². The zero-order valence-electron chi connectivity index (χ0n) is 4.99. The number of hydrogen-bond acceptors (Lipinski definition) is 4. The molecule has 7 heteroatoms. The van der Waals surface area contributed by atoms with Gasteiger partial charge in [0.05, 0.1) is 27.0 Å². The zero-order valence-corrected chi connectivity index (χ0v) is 8.86. The summed E-state index contributed by atoms with van der Waals surface area (Å²) in [6, 6.07) is 0. The fourth-order valence-electron chi connectivity index (χ4n) is 0.366. The second-order valence-electron chi connectivity index (χ2n) is 1.65. The molecule has 0 heterocycles. The second-order valence-corrected chi connectivity index (χ2v) is 8.28. The highest BCUT2D eigenvalue weighted by atomic mass is 127. The van der Waals surface area contributed by atoms with Crippen molar-refractivity contribution < 1.29 is 16.8 Å². The molecule has 4 nitrogen and oxygen atoms in total. The van der Waals surface area contributed by atoms with Gasteiger partial charge in [0.2, 0.25) is 7.01 Å². The average molecular weight is 298 g/mol. The second kappa shape index (κ2) is 4.50. The lowest BCUT2D eigenvalue weighted by atomic mass is 10.6. The third-order valence-electron chi connectivity index (χ3n) is 0.729. The van der Waals surface area contributed by atoms with Crippen LogP contribution in [0.2, 0.25) is 0 Å². The van der Waals surface area contributed by atoms with Crippen LogP contribution in [0.1, 0.15) is 6.42 Å². The molecule has 0 aliphatic heterocycles. The SMILES string of the molecule is O=[SH](=O)CCCS(=O)(=O)I. The molecular formula is C3H7IO4S2. The fraction of sp³-hybridized carbons (Fsp3) is 1.00. The summed E-state index contributed by atoms with van der Waals surface area (Å²) in [6.07, 6.45) is 0.198. The number of hydrogen-bond donors (Lipinski definition) is 1. The molecule has 0 bridgehead atoms. The summed E-state index contributed by atoms with van der Waals surface area (Å²) in [6.45, 7) is 0. The van der Waals surface area contributed by atoms with Gasteiger partial charge in [0.1, 0.15) is 10.7 Å². The van der Waals surface area contributed by atoms with Gasteiger partial charge in [0.25, 0.3) is 0 Å².